The van der Waals surface area contributed by atoms with Gasteiger partial charge in [0, 0.05) is 19.3 Å². The number of benzene rings is 1. The summed E-state index contributed by atoms with van der Waals surface area (Å²) in [6.07, 6.45) is 2.59. The minimum Gasteiger partial charge on any atom is -0.310 e. The number of pyridine rings is 1. The number of amides is 1. The monoisotopic (exact) mass is 387 g/mol. The summed E-state index contributed by atoms with van der Waals surface area (Å²) in [7, 11) is -3.25. The number of hydrogen-bond acceptors (Lipinski definition) is 4. The number of piperidine rings is 1. The Balaban J connectivity index is 1.88. The van der Waals surface area contributed by atoms with Gasteiger partial charge in [-0.15, -0.1) is 0 Å². The Morgan fingerprint density at radius 2 is 1.81 bits per heavy atom. The second kappa shape index (κ2) is 7.78. The van der Waals surface area contributed by atoms with Crippen LogP contribution in [0.2, 0.25) is 0 Å². The molecule has 0 saturated carbocycles. The van der Waals surface area contributed by atoms with Gasteiger partial charge in [0.05, 0.1) is 11.2 Å². The van der Waals surface area contributed by atoms with E-state index in [2.05, 4.69) is 10.3 Å². The molecule has 0 unspecified atom stereocenters. The molecule has 1 saturated heterocycles. The molecule has 1 aliphatic rings. The average Bonchev–Trinajstić information content (AvgIpc) is 2.70. The van der Waals surface area contributed by atoms with Crippen molar-refractivity contribution in [2.24, 2.45) is 0 Å². The van der Waals surface area contributed by atoms with Crippen molar-refractivity contribution >= 4 is 21.7 Å². The van der Waals surface area contributed by atoms with Crippen molar-refractivity contribution in [3.8, 4) is 0 Å². The van der Waals surface area contributed by atoms with Crippen molar-refractivity contribution in [3.63, 3.8) is 0 Å². The van der Waals surface area contributed by atoms with E-state index in [0.29, 0.717) is 31.7 Å². The van der Waals surface area contributed by atoms with Crippen LogP contribution >= 0.6 is 0 Å². The van der Waals surface area contributed by atoms with Gasteiger partial charge in [0.2, 0.25) is 15.9 Å². The third-order valence-electron chi connectivity index (χ3n) is 5.25. The number of nitrogens with one attached hydrogen (secondary N) is 1. The molecule has 3 rings (SSSR count). The molecule has 1 fully saturated rings. The molecular weight excluding hydrogens is 362 g/mol. The van der Waals surface area contributed by atoms with Gasteiger partial charge in [0.25, 0.3) is 0 Å². The van der Waals surface area contributed by atoms with E-state index in [4.69, 9.17) is 0 Å². The molecule has 6 nitrogen and oxygen atoms in total. The molecule has 0 atom stereocenters. The fourth-order valence-corrected chi connectivity index (χ4v) is 4.61. The number of aryl methyl sites for hydroxylation is 1. The van der Waals surface area contributed by atoms with Crippen LogP contribution in [0.15, 0.2) is 48.7 Å². The van der Waals surface area contributed by atoms with Crippen molar-refractivity contribution in [2.45, 2.75) is 32.1 Å². The summed E-state index contributed by atoms with van der Waals surface area (Å²) in [5.41, 5.74) is 1.15. The minimum atomic E-state index is -3.25. The van der Waals surface area contributed by atoms with Gasteiger partial charge in [-0.1, -0.05) is 36.4 Å². The Labute approximate surface area is 160 Å². The molecule has 2 aromatic rings. The van der Waals surface area contributed by atoms with Crippen LogP contribution in [0.1, 0.15) is 30.9 Å². The van der Waals surface area contributed by atoms with Gasteiger partial charge in [-0.05, 0) is 43.9 Å². The number of hydrogen-bond donors (Lipinski definition) is 1. The Morgan fingerprint density at radius 3 is 2.37 bits per heavy atom. The second-order valence-electron chi connectivity index (χ2n) is 6.92. The van der Waals surface area contributed by atoms with Crippen LogP contribution in [-0.2, 0) is 20.2 Å². The van der Waals surface area contributed by atoms with Gasteiger partial charge in [-0.3, -0.25) is 4.79 Å². The first-order valence-electron chi connectivity index (χ1n) is 9.15. The van der Waals surface area contributed by atoms with Crippen LogP contribution in [0.4, 0.5) is 5.82 Å². The van der Waals surface area contributed by atoms with Crippen molar-refractivity contribution < 1.29 is 13.2 Å². The summed E-state index contributed by atoms with van der Waals surface area (Å²) < 4.78 is 25.9. The topological polar surface area (TPSA) is 79.4 Å². The van der Waals surface area contributed by atoms with Crippen molar-refractivity contribution in [1.29, 1.82) is 0 Å². The summed E-state index contributed by atoms with van der Waals surface area (Å²) >= 11 is 0. The molecule has 144 valence electrons. The first-order chi connectivity index (χ1) is 12.9. The Morgan fingerprint density at radius 1 is 1.15 bits per heavy atom. The Kier molecular flexibility index (Phi) is 5.62. The molecule has 27 heavy (non-hydrogen) atoms. The number of nitrogens with zero attached hydrogens (tertiary/aromatic N) is 2. The van der Waals surface area contributed by atoms with E-state index in [1.807, 2.05) is 43.3 Å². The molecule has 0 spiro atoms. The van der Waals surface area contributed by atoms with Gasteiger partial charge in [-0.25, -0.2) is 17.7 Å². The van der Waals surface area contributed by atoms with Crippen molar-refractivity contribution in [2.75, 3.05) is 24.2 Å². The quantitative estimate of drug-likeness (QED) is 0.855. The molecule has 1 amide bonds. The van der Waals surface area contributed by atoms with E-state index in [-0.39, 0.29) is 11.7 Å². The molecule has 2 heterocycles. The standard InChI is InChI=1S/C20H25N3O3S/c1-3-27(25,26)23-13-11-20(12-14-23,17-7-5-4-6-8-17)19(24)22-18-10-9-16(2)15-21-18/h4-10,15H,3,11-14H2,1-2H3,(H,21,22,24). The van der Waals surface area contributed by atoms with Crippen LogP contribution < -0.4 is 5.32 Å². The second-order valence-corrected chi connectivity index (χ2v) is 9.18. The van der Waals surface area contributed by atoms with Crippen LogP contribution in [0.5, 0.6) is 0 Å². The third-order valence-corrected chi connectivity index (χ3v) is 7.13. The lowest BCUT2D eigenvalue weighted by Gasteiger charge is -2.40. The molecule has 0 aliphatic carbocycles. The first kappa shape index (κ1) is 19.5. The maximum Gasteiger partial charge on any atom is 0.236 e. The lowest BCUT2D eigenvalue weighted by atomic mass is 9.72. The molecule has 1 aromatic heterocycles. The summed E-state index contributed by atoms with van der Waals surface area (Å²) in [4.78, 5) is 17.5. The van der Waals surface area contributed by atoms with Crippen molar-refractivity contribution in [1.82, 2.24) is 9.29 Å². The zero-order chi connectivity index (χ0) is 19.5. The normalized spacial score (nSPS) is 17.4. The number of anilines is 1. The number of rotatable bonds is 5. The highest BCUT2D eigenvalue weighted by Gasteiger charge is 2.44. The summed E-state index contributed by atoms with van der Waals surface area (Å²) in [6.45, 7) is 4.25. The van der Waals surface area contributed by atoms with E-state index in [0.717, 1.165) is 11.1 Å². The molecule has 0 bridgehead atoms. The van der Waals surface area contributed by atoms with Gasteiger partial charge in [0.15, 0.2) is 0 Å². The molecule has 1 aliphatic heterocycles. The number of carbonyl (C=O) groups excluding carboxylic acids is 1. The maximum atomic E-state index is 13.3. The van der Waals surface area contributed by atoms with Crippen LogP contribution in [0.25, 0.3) is 0 Å². The van der Waals surface area contributed by atoms with Crippen LogP contribution in [-0.4, -0.2) is 42.5 Å². The predicted octanol–water partition coefficient (Wildman–Crippen LogP) is 2.71. The molecule has 1 N–H and O–H groups in total. The predicted molar refractivity (Wildman–Crippen MR) is 106 cm³/mol. The molecule has 0 radical (unpaired) electrons. The average molecular weight is 388 g/mol. The number of sulfonamides is 1. The van der Waals surface area contributed by atoms with Crippen LogP contribution in [0, 0.1) is 6.92 Å². The summed E-state index contributed by atoms with van der Waals surface area (Å²) in [6, 6.07) is 13.3. The van der Waals surface area contributed by atoms with Crippen LogP contribution in [0.3, 0.4) is 0 Å². The largest absolute Gasteiger partial charge is 0.310 e. The van der Waals surface area contributed by atoms with Gasteiger partial charge in [-0.2, -0.15) is 0 Å². The first-order valence-corrected chi connectivity index (χ1v) is 10.8. The van der Waals surface area contributed by atoms with E-state index >= 15 is 0 Å². The van der Waals surface area contributed by atoms with Gasteiger partial charge >= 0.3 is 0 Å². The summed E-state index contributed by atoms with van der Waals surface area (Å²) in [5, 5.41) is 2.93. The van der Waals surface area contributed by atoms with E-state index in [9.17, 15) is 13.2 Å². The third kappa shape index (κ3) is 4.04. The van der Waals surface area contributed by atoms with Gasteiger partial charge < -0.3 is 5.32 Å². The number of carbonyl (C=O) groups is 1. The maximum absolute atomic E-state index is 13.3. The molecule has 7 heteroatoms. The zero-order valence-electron chi connectivity index (χ0n) is 15.7. The highest BCUT2D eigenvalue weighted by molar-refractivity contribution is 7.89. The van der Waals surface area contributed by atoms with E-state index < -0.39 is 15.4 Å². The smallest absolute Gasteiger partial charge is 0.236 e. The highest BCUT2D eigenvalue weighted by atomic mass is 32.2. The van der Waals surface area contributed by atoms with E-state index in [1.54, 1.807) is 19.2 Å². The Bertz CT molecular complexity index is 888. The number of aromatic nitrogens is 1. The lowest BCUT2D eigenvalue weighted by Crippen LogP contribution is -2.51. The van der Waals surface area contributed by atoms with Crippen molar-refractivity contribution in [3.05, 3.63) is 59.8 Å². The SMILES string of the molecule is CCS(=O)(=O)N1CCC(C(=O)Nc2ccc(C)cn2)(c2ccccc2)CC1. The minimum absolute atomic E-state index is 0.0742. The zero-order valence-corrected chi connectivity index (χ0v) is 16.5. The highest BCUT2D eigenvalue weighted by Crippen LogP contribution is 2.37. The summed E-state index contributed by atoms with van der Waals surface area (Å²) in [5.74, 6) is 0.438. The molecular formula is C20H25N3O3S. The lowest BCUT2D eigenvalue weighted by molar-refractivity contribution is -0.123. The van der Waals surface area contributed by atoms with E-state index in [1.165, 1.54) is 4.31 Å². The fraction of sp³-hybridized carbons (Fsp3) is 0.400. The fourth-order valence-electron chi connectivity index (χ4n) is 3.51. The Hall–Kier alpha value is -2.25. The molecule has 1 aromatic carbocycles. The van der Waals surface area contributed by atoms with Gasteiger partial charge in [0.1, 0.15) is 5.82 Å².